The number of nitrogens with one attached hydrogen (secondary N) is 1. The largest absolute Gasteiger partial charge is 0.352 e. The van der Waals surface area contributed by atoms with Gasteiger partial charge in [0.2, 0.25) is 0 Å². The van der Waals surface area contributed by atoms with Gasteiger partial charge in [-0.1, -0.05) is 30.4 Å². The third-order valence-corrected chi connectivity index (χ3v) is 3.71. The Morgan fingerprint density at radius 3 is 2.90 bits per heavy atom. The first kappa shape index (κ1) is 16.6. The normalized spacial score (nSPS) is 11.4. The van der Waals surface area contributed by atoms with Crippen LogP contribution in [0.2, 0.25) is 0 Å². The first-order chi connectivity index (χ1) is 9.58. The molecule has 0 aliphatic heterocycles. The lowest BCUT2D eigenvalue weighted by molar-refractivity contribution is 0.0949. The van der Waals surface area contributed by atoms with E-state index in [2.05, 4.69) is 30.3 Å². The Kier molecular flexibility index (Phi) is 7.21. The van der Waals surface area contributed by atoms with Crippen LogP contribution < -0.4 is 11.1 Å². The van der Waals surface area contributed by atoms with E-state index in [1.165, 1.54) is 0 Å². The van der Waals surface area contributed by atoms with Gasteiger partial charge in [0.05, 0.1) is 12.1 Å². The lowest BCUT2D eigenvalue weighted by Crippen LogP contribution is -2.29. The number of rotatable bonds is 5. The van der Waals surface area contributed by atoms with Crippen LogP contribution in [0.4, 0.5) is 0 Å². The molecule has 20 heavy (non-hydrogen) atoms. The van der Waals surface area contributed by atoms with Crippen LogP contribution in [0.25, 0.3) is 0 Å². The fourth-order valence-electron chi connectivity index (χ4n) is 1.81. The molecule has 1 aromatic rings. The summed E-state index contributed by atoms with van der Waals surface area (Å²) >= 11 is 1.79. The van der Waals surface area contributed by atoms with Crippen molar-refractivity contribution in [1.82, 2.24) is 5.32 Å². The quantitative estimate of drug-likeness (QED) is 0.816. The van der Waals surface area contributed by atoms with Crippen LogP contribution in [0.1, 0.15) is 28.4 Å². The third kappa shape index (κ3) is 5.28. The molecular weight excluding hydrogens is 268 g/mol. The number of aryl methyl sites for hydroxylation is 1. The predicted octanol–water partition coefficient (Wildman–Crippen LogP) is 2.03. The molecule has 1 aromatic carbocycles. The van der Waals surface area contributed by atoms with Gasteiger partial charge >= 0.3 is 0 Å². The summed E-state index contributed by atoms with van der Waals surface area (Å²) in [7, 11) is 0. The fraction of sp³-hybridized carbons (Fsp3) is 0.438. The average molecular weight is 290 g/mol. The van der Waals surface area contributed by atoms with Crippen molar-refractivity contribution in [1.29, 1.82) is 0 Å². The van der Waals surface area contributed by atoms with Crippen molar-refractivity contribution in [3.05, 3.63) is 34.9 Å². The lowest BCUT2D eigenvalue weighted by Gasteiger charge is -2.12. The van der Waals surface area contributed by atoms with Crippen molar-refractivity contribution in [3.63, 3.8) is 0 Å². The van der Waals surface area contributed by atoms with E-state index < -0.39 is 0 Å². The van der Waals surface area contributed by atoms with Crippen molar-refractivity contribution in [2.45, 2.75) is 13.8 Å². The van der Waals surface area contributed by atoms with Gasteiger partial charge in [-0.2, -0.15) is 11.8 Å². The molecule has 3 nitrogen and oxygen atoms in total. The van der Waals surface area contributed by atoms with E-state index in [4.69, 9.17) is 5.73 Å². The predicted molar refractivity (Wildman–Crippen MR) is 87.0 cm³/mol. The van der Waals surface area contributed by atoms with Crippen LogP contribution in [0.5, 0.6) is 0 Å². The summed E-state index contributed by atoms with van der Waals surface area (Å²) < 4.78 is 0. The van der Waals surface area contributed by atoms with Gasteiger partial charge in [-0.15, -0.1) is 0 Å². The molecule has 0 spiro atoms. The smallest absolute Gasteiger partial charge is 0.252 e. The molecule has 4 heteroatoms. The molecule has 0 radical (unpaired) electrons. The van der Waals surface area contributed by atoms with E-state index in [1.54, 1.807) is 11.8 Å². The Morgan fingerprint density at radius 1 is 1.50 bits per heavy atom. The standard InChI is InChI=1S/C16H22N2OS/c1-12-6-7-14(5-4-8-17)15(9-12)16(19)18-10-13(2)11-20-3/h6-7,9,13H,8,10-11,17H2,1-3H3,(H,18,19). The SMILES string of the molecule is CSCC(C)CNC(=O)c1cc(C)ccc1C#CCN. The van der Waals surface area contributed by atoms with Crippen molar-refractivity contribution < 1.29 is 4.79 Å². The highest BCUT2D eigenvalue weighted by molar-refractivity contribution is 7.98. The first-order valence-corrected chi connectivity index (χ1v) is 8.04. The maximum atomic E-state index is 12.3. The number of hydrogen-bond donors (Lipinski definition) is 2. The molecule has 0 heterocycles. The minimum Gasteiger partial charge on any atom is -0.352 e. The van der Waals surface area contributed by atoms with Crippen molar-refractivity contribution in [3.8, 4) is 11.8 Å². The number of carbonyl (C=O) groups is 1. The molecular formula is C16H22N2OS. The highest BCUT2D eigenvalue weighted by Crippen LogP contribution is 2.11. The zero-order valence-electron chi connectivity index (χ0n) is 12.3. The van der Waals surface area contributed by atoms with Gasteiger partial charge in [-0.3, -0.25) is 4.79 Å². The van der Waals surface area contributed by atoms with E-state index in [1.807, 2.05) is 25.1 Å². The van der Waals surface area contributed by atoms with E-state index in [-0.39, 0.29) is 5.91 Å². The Morgan fingerprint density at radius 2 is 2.25 bits per heavy atom. The van der Waals surface area contributed by atoms with E-state index in [0.29, 0.717) is 24.6 Å². The minimum absolute atomic E-state index is 0.0667. The Hall–Kier alpha value is -1.44. The van der Waals surface area contributed by atoms with Crippen molar-refractivity contribution >= 4 is 17.7 Å². The van der Waals surface area contributed by atoms with E-state index in [9.17, 15) is 4.79 Å². The number of amides is 1. The number of benzene rings is 1. The zero-order chi connectivity index (χ0) is 15.0. The molecule has 0 saturated heterocycles. The van der Waals surface area contributed by atoms with Gasteiger partial charge in [0.1, 0.15) is 0 Å². The number of nitrogens with two attached hydrogens (primary N) is 1. The second kappa shape index (κ2) is 8.68. The highest BCUT2D eigenvalue weighted by Gasteiger charge is 2.11. The van der Waals surface area contributed by atoms with Gasteiger partial charge in [-0.25, -0.2) is 0 Å². The van der Waals surface area contributed by atoms with Crippen LogP contribution in [-0.2, 0) is 0 Å². The second-order valence-corrected chi connectivity index (χ2v) is 5.74. The molecule has 3 N–H and O–H groups in total. The molecule has 0 bridgehead atoms. The molecule has 108 valence electrons. The monoisotopic (exact) mass is 290 g/mol. The van der Waals surface area contributed by atoms with E-state index in [0.717, 1.165) is 16.9 Å². The molecule has 0 fully saturated rings. The maximum absolute atomic E-state index is 12.3. The van der Waals surface area contributed by atoms with Gasteiger partial charge in [0, 0.05) is 12.1 Å². The molecule has 0 aromatic heterocycles. The average Bonchev–Trinajstić information content (AvgIpc) is 2.43. The molecule has 1 amide bonds. The zero-order valence-corrected chi connectivity index (χ0v) is 13.1. The summed E-state index contributed by atoms with van der Waals surface area (Å²) in [5.74, 6) is 7.18. The minimum atomic E-state index is -0.0667. The van der Waals surface area contributed by atoms with Gasteiger partial charge in [0.15, 0.2) is 0 Å². The van der Waals surface area contributed by atoms with Gasteiger partial charge in [0.25, 0.3) is 5.91 Å². The number of hydrogen-bond acceptors (Lipinski definition) is 3. The van der Waals surface area contributed by atoms with Gasteiger partial charge in [-0.05, 0) is 37.0 Å². The van der Waals surface area contributed by atoms with E-state index >= 15 is 0 Å². The summed E-state index contributed by atoms with van der Waals surface area (Å²) in [5.41, 5.74) is 7.79. The first-order valence-electron chi connectivity index (χ1n) is 6.65. The van der Waals surface area contributed by atoms with Crippen LogP contribution in [0.3, 0.4) is 0 Å². The molecule has 0 saturated carbocycles. The van der Waals surface area contributed by atoms with Gasteiger partial charge < -0.3 is 11.1 Å². The molecule has 0 aliphatic carbocycles. The summed E-state index contributed by atoms with van der Waals surface area (Å²) in [6.45, 7) is 5.06. The van der Waals surface area contributed by atoms with Crippen LogP contribution in [0.15, 0.2) is 18.2 Å². The summed E-state index contributed by atoms with van der Waals surface area (Å²) in [6, 6.07) is 5.70. The Bertz CT molecular complexity index is 517. The van der Waals surface area contributed by atoms with Crippen molar-refractivity contribution in [2.75, 3.05) is 25.1 Å². The fourth-order valence-corrected chi connectivity index (χ4v) is 2.49. The molecule has 0 aliphatic rings. The van der Waals surface area contributed by atoms with Crippen molar-refractivity contribution in [2.24, 2.45) is 11.7 Å². The molecule has 1 atom stereocenters. The topological polar surface area (TPSA) is 55.1 Å². The summed E-state index contributed by atoms with van der Waals surface area (Å²) in [6.07, 6.45) is 2.07. The Balaban J connectivity index is 2.83. The second-order valence-electron chi connectivity index (χ2n) is 4.83. The van der Waals surface area contributed by atoms with Crippen LogP contribution in [0, 0.1) is 24.7 Å². The Labute approximate surface area is 125 Å². The van der Waals surface area contributed by atoms with Crippen LogP contribution in [-0.4, -0.2) is 31.0 Å². The molecule has 1 rings (SSSR count). The number of thioether (sulfide) groups is 1. The summed E-state index contributed by atoms with van der Waals surface area (Å²) in [4.78, 5) is 12.3. The molecule has 1 unspecified atom stereocenters. The highest BCUT2D eigenvalue weighted by atomic mass is 32.2. The third-order valence-electron chi connectivity index (χ3n) is 2.81. The lowest BCUT2D eigenvalue weighted by atomic mass is 10.0. The summed E-state index contributed by atoms with van der Waals surface area (Å²) in [5, 5.41) is 2.98. The number of carbonyl (C=O) groups excluding carboxylic acids is 1. The maximum Gasteiger partial charge on any atom is 0.252 e. The van der Waals surface area contributed by atoms with Crippen LogP contribution >= 0.6 is 11.8 Å².